The molecule has 1 heterocycles. The molecule has 5 nitrogen and oxygen atoms in total. The molecule has 2 rings (SSSR count). The van der Waals surface area contributed by atoms with Crippen molar-refractivity contribution in [2.45, 2.75) is 6.54 Å². The Balaban J connectivity index is 1.91. The molecule has 1 aromatic carbocycles. The molecule has 0 unspecified atom stereocenters. The van der Waals surface area contributed by atoms with Crippen LogP contribution in [0.15, 0.2) is 42.5 Å². The molecule has 0 aliphatic carbocycles. The van der Waals surface area contributed by atoms with Crippen molar-refractivity contribution in [3.05, 3.63) is 53.7 Å². The summed E-state index contributed by atoms with van der Waals surface area (Å²) < 4.78 is 0. The number of aromatic amines is 1. The highest BCUT2D eigenvalue weighted by Gasteiger charge is 2.04. The van der Waals surface area contributed by atoms with Crippen molar-refractivity contribution in [3.63, 3.8) is 0 Å². The fourth-order valence-electron chi connectivity index (χ4n) is 1.75. The first kappa shape index (κ1) is 14.0. The van der Waals surface area contributed by atoms with Crippen molar-refractivity contribution in [2.24, 2.45) is 0 Å². The Hall–Kier alpha value is -2.40. The molecule has 20 heavy (non-hydrogen) atoms. The quantitative estimate of drug-likeness (QED) is 0.818. The van der Waals surface area contributed by atoms with Gasteiger partial charge in [0.05, 0.1) is 5.69 Å². The molecule has 2 N–H and O–H groups in total. The van der Waals surface area contributed by atoms with E-state index in [2.05, 4.69) is 15.5 Å². The first-order chi connectivity index (χ1) is 9.63. The SMILES string of the molecule is CN(C)Cc1cc(NC(=O)/C=C/c2ccccc2)n[nH]1. The van der Waals surface area contributed by atoms with Crippen LogP contribution in [0.1, 0.15) is 11.3 Å². The van der Waals surface area contributed by atoms with Crippen molar-refractivity contribution >= 4 is 17.8 Å². The maximum Gasteiger partial charge on any atom is 0.249 e. The van der Waals surface area contributed by atoms with Crippen LogP contribution in [0.25, 0.3) is 6.08 Å². The largest absolute Gasteiger partial charge is 0.306 e. The molecule has 0 bridgehead atoms. The number of hydrogen-bond acceptors (Lipinski definition) is 3. The minimum Gasteiger partial charge on any atom is -0.306 e. The average Bonchev–Trinajstić information content (AvgIpc) is 2.84. The second-order valence-electron chi connectivity index (χ2n) is 4.75. The highest BCUT2D eigenvalue weighted by Crippen LogP contribution is 2.07. The number of hydrogen-bond donors (Lipinski definition) is 2. The van der Waals surface area contributed by atoms with E-state index in [0.29, 0.717) is 5.82 Å². The van der Waals surface area contributed by atoms with Crippen LogP contribution in [0, 0.1) is 0 Å². The van der Waals surface area contributed by atoms with Crippen LogP contribution in [-0.4, -0.2) is 35.1 Å². The van der Waals surface area contributed by atoms with E-state index in [1.807, 2.05) is 55.4 Å². The number of carbonyl (C=O) groups excluding carboxylic acids is 1. The fourth-order valence-corrected chi connectivity index (χ4v) is 1.75. The summed E-state index contributed by atoms with van der Waals surface area (Å²) in [6, 6.07) is 11.5. The zero-order valence-electron chi connectivity index (χ0n) is 11.6. The number of H-pyrrole nitrogens is 1. The standard InChI is InChI=1S/C15H18N4O/c1-19(2)11-13-10-14(18-17-13)16-15(20)9-8-12-6-4-3-5-7-12/h3-10H,11H2,1-2H3,(H2,16,17,18,20)/b9-8+. The minimum absolute atomic E-state index is 0.197. The molecule has 0 aliphatic rings. The van der Waals surface area contributed by atoms with Gasteiger partial charge in [-0.25, -0.2) is 0 Å². The van der Waals surface area contributed by atoms with Gasteiger partial charge >= 0.3 is 0 Å². The average molecular weight is 270 g/mol. The zero-order valence-corrected chi connectivity index (χ0v) is 11.6. The van der Waals surface area contributed by atoms with E-state index in [1.165, 1.54) is 6.08 Å². The topological polar surface area (TPSA) is 61.0 Å². The number of nitrogens with zero attached hydrogens (tertiary/aromatic N) is 2. The van der Waals surface area contributed by atoms with Gasteiger partial charge in [0.15, 0.2) is 5.82 Å². The first-order valence-electron chi connectivity index (χ1n) is 6.36. The molecule has 0 atom stereocenters. The number of amides is 1. The Morgan fingerprint density at radius 2 is 2.10 bits per heavy atom. The molecule has 2 aromatic rings. The molecule has 5 heteroatoms. The van der Waals surface area contributed by atoms with Gasteiger partial charge in [-0.05, 0) is 25.7 Å². The predicted molar refractivity (Wildman–Crippen MR) is 80.1 cm³/mol. The molecule has 0 radical (unpaired) electrons. The molecule has 1 amide bonds. The van der Waals surface area contributed by atoms with Crippen molar-refractivity contribution < 1.29 is 4.79 Å². The molecular weight excluding hydrogens is 252 g/mol. The third-order valence-electron chi connectivity index (χ3n) is 2.60. The van der Waals surface area contributed by atoms with Crippen molar-refractivity contribution in [3.8, 4) is 0 Å². The lowest BCUT2D eigenvalue weighted by molar-refractivity contribution is -0.111. The Labute approximate surface area is 118 Å². The predicted octanol–water partition coefficient (Wildman–Crippen LogP) is 2.12. The van der Waals surface area contributed by atoms with Crippen LogP contribution >= 0.6 is 0 Å². The van der Waals surface area contributed by atoms with Crippen molar-refractivity contribution in [2.75, 3.05) is 19.4 Å². The number of rotatable bonds is 5. The summed E-state index contributed by atoms with van der Waals surface area (Å²) in [4.78, 5) is 13.8. The van der Waals surface area contributed by atoms with Gasteiger partial charge in [-0.3, -0.25) is 9.89 Å². The highest BCUT2D eigenvalue weighted by atomic mass is 16.1. The van der Waals surface area contributed by atoms with E-state index in [1.54, 1.807) is 6.08 Å². The van der Waals surface area contributed by atoms with Crippen molar-refractivity contribution in [1.82, 2.24) is 15.1 Å². The lowest BCUT2D eigenvalue weighted by atomic mass is 10.2. The summed E-state index contributed by atoms with van der Waals surface area (Å²) in [7, 11) is 3.95. The second kappa shape index (κ2) is 6.68. The van der Waals surface area contributed by atoms with Crippen LogP contribution in [0.4, 0.5) is 5.82 Å². The third kappa shape index (κ3) is 4.37. The lowest BCUT2D eigenvalue weighted by Crippen LogP contribution is -2.10. The summed E-state index contributed by atoms with van der Waals surface area (Å²) in [6.07, 6.45) is 3.26. The Morgan fingerprint density at radius 3 is 2.80 bits per heavy atom. The third-order valence-corrected chi connectivity index (χ3v) is 2.60. The summed E-state index contributed by atoms with van der Waals surface area (Å²) in [5.41, 5.74) is 1.94. The maximum atomic E-state index is 11.8. The molecule has 0 spiro atoms. The van der Waals surface area contributed by atoms with Gasteiger partial charge in [-0.2, -0.15) is 5.10 Å². The van der Waals surface area contributed by atoms with Gasteiger partial charge in [-0.1, -0.05) is 30.3 Å². The number of aromatic nitrogens is 2. The molecule has 104 valence electrons. The first-order valence-corrected chi connectivity index (χ1v) is 6.36. The van der Waals surface area contributed by atoms with E-state index < -0.39 is 0 Å². The molecule has 0 aliphatic heterocycles. The number of nitrogens with one attached hydrogen (secondary N) is 2. The second-order valence-corrected chi connectivity index (χ2v) is 4.75. The molecule has 0 saturated carbocycles. The van der Waals surface area contributed by atoms with Gasteiger partial charge in [0.25, 0.3) is 0 Å². The molecule has 0 fully saturated rings. The van der Waals surface area contributed by atoms with Crippen LogP contribution in [-0.2, 0) is 11.3 Å². The Kier molecular flexibility index (Phi) is 4.68. The summed E-state index contributed by atoms with van der Waals surface area (Å²) in [5.74, 6) is 0.335. The van der Waals surface area contributed by atoms with E-state index in [9.17, 15) is 4.79 Å². The monoisotopic (exact) mass is 270 g/mol. The molecule has 0 saturated heterocycles. The normalized spacial score (nSPS) is 11.2. The van der Waals surface area contributed by atoms with Gasteiger partial charge in [0.2, 0.25) is 5.91 Å². The zero-order chi connectivity index (χ0) is 14.4. The highest BCUT2D eigenvalue weighted by molar-refractivity contribution is 6.01. The van der Waals surface area contributed by atoms with Crippen LogP contribution in [0.2, 0.25) is 0 Å². The summed E-state index contributed by atoms with van der Waals surface area (Å²) in [5, 5.41) is 9.65. The van der Waals surface area contributed by atoms with Gasteiger partial charge in [0, 0.05) is 18.7 Å². The summed E-state index contributed by atoms with van der Waals surface area (Å²) in [6.45, 7) is 0.753. The van der Waals surface area contributed by atoms with E-state index in [0.717, 1.165) is 17.8 Å². The smallest absolute Gasteiger partial charge is 0.249 e. The molecule has 1 aromatic heterocycles. The number of benzene rings is 1. The number of anilines is 1. The fraction of sp³-hybridized carbons (Fsp3) is 0.200. The maximum absolute atomic E-state index is 11.8. The van der Waals surface area contributed by atoms with Crippen LogP contribution < -0.4 is 5.32 Å². The number of carbonyl (C=O) groups is 1. The summed E-state index contributed by atoms with van der Waals surface area (Å²) >= 11 is 0. The van der Waals surface area contributed by atoms with Gasteiger partial charge in [0.1, 0.15) is 0 Å². The van der Waals surface area contributed by atoms with Crippen molar-refractivity contribution in [1.29, 1.82) is 0 Å². The van der Waals surface area contributed by atoms with Crippen LogP contribution in [0.3, 0.4) is 0 Å². The molecular formula is C15H18N4O. The minimum atomic E-state index is -0.197. The Bertz CT molecular complexity index is 587. The van der Waals surface area contributed by atoms with E-state index in [-0.39, 0.29) is 5.91 Å². The van der Waals surface area contributed by atoms with Gasteiger partial charge in [-0.15, -0.1) is 0 Å². The van der Waals surface area contributed by atoms with E-state index >= 15 is 0 Å². The lowest BCUT2D eigenvalue weighted by Gasteiger charge is -2.05. The van der Waals surface area contributed by atoms with Gasteiger partial charge < -0.3 is 10.2 Å². The van der Waals surface area contributed by atoms with Crippen LogP contribution in [0.5, 0.6) is 0 Å². The van der Waals surface area contributed by atoms with E-state index in [4.69, 9.17) is 0 Å². The Morgan fingerprint density at radius 1 is 1.35 bits per heavy atom.